The summed E-state index contributed by atoms with van der Waals surface area (Å²) in [7, 11) is -4.35. The first-order chi connectivity index (χ1) is 9.81. The predicted octanol–water partition coefficient (Wildman–Crippen LogP) is 0.448. The molecule has 0 unspecified atom stereocenters. The lowest BCUT2D eigenvalue weighted by molar-refractivity contribution is -0.128. The maximum atomic E-state index is 13.6. The molecule has 1 amide bonds. The summed E-state index contributed by atoms with van der Waals surface area (Å²) >= 11 is 0. The Kier molecular flexibility index (Phi) is 4.43. The highest BCUT2D eigenvalue weighted by Crippen LogP contribution is 2.20. The first-order valence-electron chi connectivity index (χ1n) is 6.33. The minimum absolute atomic E-state index is 0.222. The molecule has 1 aromatic rings. The monoisotopic (exact) mass is 319 g/mol. The number of nitrogens with one attached hydrogen (secondary N) is 1. The van der Waals surface area contributed by atoms with Crippen LogP contribution in [-0.2, 0) is 14.8 Å². The van der Waals surface area contributed by atoms with Gasteiger partial charge in [0.2, 0.25) is 15.9 Å². The normalized spacial score (nSPS) is 15.4. The Labute approximate surface area is 121 Å². The number of hydrogen-bond donors (Lipinski definition) is 2. The van der Waals surface area contributed by atoms with Crippen LogP contribution < -0.4 is 10.5 Å². The molecule has 0 radical (unpaired) electrons. The second-order valence-electron chi connectivity index (χ2n) is 4.73. The van der Waals surface area contributed by atoms with Gasteiger partial charge in [0.1, 0.15) is 4.90 Å². The molecule has 3 N–H and O–H groups in total. The lowest BCUT2D eigenvalue weighted by Gasteiger charge is -2.15. The summed E-state index contributed by atoms with van der Waals surface area (Å²) in [6.07, 6.45) is 1.74. The van der Waals surface area contributed by atoms with Crippen molar-refractivity contribution in [2.24, 2.45) is 0 Å². The van der Waals surface area contributed by atoms with Crippen molar-refractivity contribution >= 4 is 21.6 Å². The Hall–Kier alpha value is -1.74. The van der Waals surface area contributed by atoms with Gasteiger partial charge in [-0.3, -0.25) is 4.79 Å². The fourth-order valence-corrected chi connectivity index (χ4v) is 3.19. The van der Waals surface area contributed by atoms with Crippen LogP contribution in [0.2, 0.25) is 0 Å². The van der Waals surface area contributed by atoms with Gasteiger partial charge in [0.15, 0.2) is 11.6 Å². The number of anilines is 1. The molecule has 0 saturated carbocycles. The summed E-state index contributed by atoms with van der Waals surface area (Å²) in [5, 5.41) is 0. The number of nitrogens with two attached hydrogens (primary N) is 1. The van der Waals surface area contributed by atoms with Crippen LogP contribution in [-0.4, -0.2) is 38.9 Å². The fraction of sp³-hybridized carbons (Fsp3) is 0.417. The molecule has 1 fully saturated rings. The highest BCUT2D eigenvalue weighted by Gasteiger charge is 2.25. The standard InChI is InChI=1S/C12H15F2N3O3S/c13-9-5-8(15)6-10(12(9)14)21(19,20)16-7-11(18)17-3-1-2-4-17/h5-6,16H,1-4,7,15H2. The van der Waals surface area contributed by atoms with Crippen LogP contribution in [0.15, 0.2) is 17.0 Å². The van der Waals surface area contributed by atoms with Crippen molar-refractivity contribution in [3.63, 3.8) is 0 Å². The summed E-state index contributed by atoms with van der Waals surface area (Å²) in [4.78, 5) is 12.4. The first-order valence-corrected chi connectivity index (χ1v) is 7.81. The molecule has 0 spiro atoms. The average Bonchev–Trinajstić information content (AvgIpc) is 2.94. The zero-order valence-corrected chi connectivity index (χ0v) is 11.9. The van der Waals surface area contributed by atoms with Gasteiger partial charge in [-0.2, -0.15) is 0 Å². The second kappa shape index (κ2) is 5.94. The summed E-state index contributed by atoms with van der Waals surface area (Å²) in [6, 6.07) is 1.49. The largest absolute Gasteiger partial charge is 0.399 e. The van der Waals surface area contributed by atoms with Gasteiger partial charge in [-0.25, -0.2) is 21.9 Å². The third-order valence-corrected chi connectivity index (χ3v) is 4.58. The van der Waals surface area contributed by atoms with Crippen LogP contribution in [0.4, 0.5) is 14.5 Å². The highest BCUT2D eigenvalue weighted by atomic mass is 32.2. The van der Waals surface area contributed by atoms with Crippen molar-refractivity contribution in [1.82, 2.24) is 9.62 Å². The van der Waals surface area contributed by atoms with Crippen LogP contribution in [0.1, 0.15) is 12.8 Å². The number of amides is 1. The maximum Gasteiger partial charge on any atom is 0.244 e. The van der Waals surface area contributed by atoms with E-state index in [1.807, 2.05) is 4.72 Å². The van der Waals surface area contributed by atoms with Crippen LogP contribution in [0.3, 0.4) is 0 Å². The lowest BCUT2D eigenvalue weighted by Crippen LogP contribution is -2.38. The Morgan fingerprint density at radius 2 is 1.90 bits per heavy atom. The van der Waals surface area contributed by atoms with Gasteiger partial charge >= 0.3 is 0 Å². The molecule has 6 nitrogen and oxygen atoms in total. The first kappa shape index (κ1) is 15.6. The minimum atomic E-state index is -4.35. The molecular formula is C12H15F2N3O3S. The lowest BCUT2D eigenvalue weighted by atomic mass is 10.3. The molecule has 0 bridgehead atoms. The molecule has 0 aliphatic carbocycles. The number of hydrogen-bond acceptors (Lipinski definition) is 4. The van der Waals surface area contributed by atoms with Gasteiger partial charge < -0.3 is 10.6 Å². The topological polar surface area (TPSA) is 92.5 Å². The number of nitrogens with zero attached hydrogens (tertiary/aromatic N) is 1. The third kappa shape index (κ3) is 3.48. The third-order valence-electron chi connectivity index (χ3n) is 3.18. The molecular weight excluding hydrogens is 304 g/mol. The van der Waals surface area contributed by atoms with Crippen molar-refractivity contribution in [2.45, 2.75) is 17.7 Å². The van der Waals surface area contributed by atoms with E-state index in [2.05, 4.69) is 0 Å². The maximum absolute atomic E-state index is 13.6. The molecule has 116 valence electrons. The van der Waals surface area contributed by atoms with Crippen LogP contribution in [0, 0.1) is 11.6 Å². The smallest absolute Gasteiger partial charge is 0.244 e. The molecule has 1 saturated heterocycles. The Morgan fingerprint density at radius 1 is 1.29 bits per heavy atom. The highest BCUT2D eigenvalue weighted by molar-refractivity contribution is 7.89. The van der Waals surface area contributed by atoms with Gasteiger partial charge in [-0.1, -0.05) is 0 Å². The number of halogens is 2. The van der Waals surface area contributed by atoms with E-state index in [0.29, 0.717) is 19.2 Å². The minimum Gasteiger partial charge on any atom is -0.399 e. The molecule has 0 atom stereocenters. The molecule has 1 aliphatic heterocycles. The molecule has 21 heavy (non-hydrogen) atoms. The van der Waals surface area contributed by atoms with E-state index in [0.717, 1.165) is 18.9 Å². The van der Waals surface area contributed by atoms with Gasteiger partial charge in [0.05, 0.1) is 6.54 Å². The van der Waals surface area contributed by atoms with E-state index in [-0.39, 0.29) is 5.69 Å². The molecule has 1 heterocycles. The van der Waals surface area contributed by atoms with E-state index < -0.39 is 39.0 Å². The van der Waals surface area contributed by atoms with Crippen LogP contribution in [0.25, 0.3) is 0 Å². The van der Waals surface area contributed by atoms with Crippen molar-refractivity contribution in [1.29, 1.82) is 0 Å². The SMILES string of the molecule is Nc1cc(F)c(F)c(S(=O)(=O)NCC(=O)N2CCCC2)c1. The fourth-order valence-electron chi connectivity index (χ4n) is 2.09. The van der Waals surface area contributed by atoms with Gasteiger partial charge in [0, 0.05) is 18.8 Å². The molecule has 1 aromatic carbocycles. The van der Waals surface area contributed by atoms with E-state index in [1.54, 1.807) is 0 Å². The summed E-state index contributed by atoms with van der Waals surface area (Å²) < 4.78 is 52.6. The number of carbonyl (C=O) groups is 1. The number of rotatable bonds is 4. The summed E-state index contributed by atoms with van der Waals surface area (Å²) in [6.45, 7) is 0.641. The number of nitrogen functional groups attached to an aromatic ring is 1. The van der Waals surface area contributed by atoms with E-state index in [1.165, 1.54) is 4.90 Å². The van der Waals surface area contributed by atoms with E-state index in [4.69, 9.17) is 5.73 Å². The molecule has 0 aromatic heterocycles. The zero-order chi connectivity index (χ0) is 15.6. The van der Waals surface area contributed by atoms with Crippen LogP contribution >= 0.6 is 0 Å². The van der Waals surface area contributed by atoms with E-state index >= 15 is 0 Å². The molecule has 9 heteroatoms. The number of likely N-dealkylation sites (tertiary alicyclic amines) is 1. The Balaban J connectivity index is 2.13. The van der Waals surface area contributed by atoms with E-state index in [9.17, 15) is 22.0 Å². The number of carbonyl (C=O) groups excluding carboxylic acids is 1. The van der Waals surface area contributed by atoms with Crippen LogP contribution in [0.5, 0.6) is 0 Å². The van der Waals surface area contributed by atoms with Gasteiger partial charge in [0.25, 0.3) is 0 Å². The number of benzene rings is 1. The predicted molar refractivity (Wildman–Crippen MR) is 71.8 cm³/mol. The van der Waals surface area contributed by atoms with Gasteiger partial charge in [-0.15, -0.1) is 0 Å². The van der Waals surface area contributed by atoms with Crippen molar-refractivity contribution < 1.29 is 22.0 Å². The summed E-state index contributed by atoms with van der Waals surface area (Å²) in [5.74, 6) is -3.28. The zero-order valence-electron chi connectivity index (χ0n) is 11.1. The van der Waals surface area contributed by atoms with Crippen molar-refractivity contribution in [3.8, 4) is 0 Å². The molecule has 1 aliphatic rings. The quantitative estimate of drug-likeness (QED) is 0.788. The van der Waals surface area contributed by atoms with Crippen molar-refractivity contribution in [3.05, 3.63) is 23.8 Å². The van der Waals surface area contributed by atoms with Gasteiger partial charge in [-0.05, 0) is 25.0 Å². The Morgan fingerprint density at radius 3 is 2.52 bits per heavy atom. The molecule has 2 rings (SSSR count). The summed E-state index contributed by atoms with van der Waals surface area (Å²) in [5.41, 5.74) is 5.08. The second-order valence-corrected chi connectivity index (χ2v) is 6.46. The Bertz CT molecular complexity index is 658. The number of sulfonamides is 1. The average molecular weight is 319 g/mol. The van der Waals surface area contributed by atoms with Crippen molar-refractivity contribution in [2.75, 3.05) is 25.4 Å².